The van der Waals surface area contributed by atoms with Crippen molar-refractivity contribution in [1.29, 1.82) is 0 Å². The zero-order chi connectivity index (χ0) is 13.0. The van der Waals surface area contributed by atoms with Gasteiger partial charge >= 0.3 is 0 Å². The Morgan fingerprint density at radius 1 is 1.53 bits per heavy atom. The van der Waals surface area contributed by atoms with Gasteiger partial charge in [-0.1, -0.05) is 47.7 Å². The quantitative estimate of drug-likeness (QED) is 0.482. The molecule has 0 spiro atoms. The number of nitrogens with two attached hydrogens (primary N) is 1. The van der Waals surface area contributed by atoms with Gasteiger partial charge in [-0.3, -0.25) is 0 Å². The Kier molecular flexibility index (Phi) is 5.01. The van der Waals surface area contributed by atoms with Gasteiger partial charge in [-0.05, 0) is 48.6 Å². The van der Waals surface area contributed by atoms with Gasteiger partial charge in [0.25, 0.3) is 0 Å². The summed E-state index contributed by atoms with van der Waals surface area (Å²) >= 11 is 3.70. The third kappa shape index (κ3) is 2.81. The molecule has 1 nitrogen and oxygen atoms in total. The van der Waals surface area contributed by atoms with Crippen molar-refractivity contribution >= 4 is 27.7 Å². The smallest absolute Gasteiger partial charge is 0.0578 e. The maximum absolute atomic E-state index is 6.11. The minimum absolute atomic E-state index is 0.237. The molecule has 0 fully saturated rings. The average Bonchev–Trinajstić information content (AvgIpc) is 2.32. The minimum atomic E-state index is 0.237. The number of halogens is 1. The van der Waals surface area contributed by atoms with E-state index < -0.39 is 0 Å². The van der Waals surface area contributed by atoms with Crippen molar-refractivity contribution in [3.8, 4) is 0 Å². The molecule has 0 aliphatic heterocycles. The van der Waals surface area contributed by atoms with Crippen molar-refractivity contribution in [2.45, 2.75) is 32.0 Å². The van der Waals surface area contributed by atoms with Gasteiger partial charge < -0.3 is 5.73 Å². The third-order valence-corrected chi connectivity index (χ3v) is 3.86. The van der Waals surface area contributed by atoms with Gasteiger partial charge in [0, 0.05) is 5.69 Å². The summed E-state index contributed by atoms with van der Waals surface area (Å²) in [6.45, 7) is 10.1. The number of anilines is 1. The predicted molar refractivity (Wildman–Crippen MR) is 81.5 cm³/mol. The zero-order valence-electron chi connectivity index (χ0n) is 10.8. The molecule has 1 aromatic rings. The summed E-state index contributed by atoms with van der Waals surface area (Å²) in [7, 11) is 0. The van der Waals surface area contributed by atoms with Crippen LogP contribution in [0.5, 0.6) is 0 Å². The summed E-state index contributed by atoms with van der Waals surface area (Å²) in [5.41, 5.74) is 11.8. The standard InChI is InChI=1S/C15H20BrN/c1-5-8-14(16)13-9-11(6-2)15(17)10(4)12(13)7-3/h5-6,8-9,14H,2,7,17H2,1,3-4H3. The molecule has 0 bridgehead atoms. The number of rotatable bonds is 4. The van der Waals surface area contributed by atoms with Crippen molar-refractivity contribution in [1.82, 2.24) is 0 Å². The molecule has 92 valence electrons. The van der Waals surface area contributed by atoms with Crippen LogP contribution in [0.2, 0.25) is 0 Å². The molecule has 1 rings (SSSR count). The number of alkyl halides is 1. The fourth-order valence-corrected chi connectivity index (χ4v) is 2.80. The highest BCUT2D eigenvalue weighted by atomic mass is 79.9. The molecule has 1 atom stereocenters. The van der Waals surface area contributed by atoms with Crippen molar-refractivity contribution < 1.29 is 0 Å². The number of benzene rings is 1. The third-order valence-electron chi connectivity index (χ3n) is 3.06. The first-order valence-corrected chi connectivity index (χ1v) is 6.79. The summed E-state index contributed by atoms with van der Waals surface area (Å²) in [6.07, 6.45) is 7.00. The van der Waals surface area contributed by atoms with Gasteiger partial charge in [0.2, 0.25) is 0 Å². The summed E-state index contributed by atoms with van der Waals surface area (Å²) in [5, 5.41) is 0. The lowest BCUT2D eigenvalue weighted by Crippen LogP contribution is -2.04. The highest BCUT2D eigenvalue weighted by Gasteiger charge is 2.14. The van der Waals surface area contributed by atoms with E-state index in [4.69, 9.17) is 5.73 Å². The van der Waals surface area contributed by atoms with Crippen LogP contribution in [0.15, 0.2) is 24.8 Å². The fraction of sp³-hybridized carbons (Fsp3) is 0.333. The normalized spacial score (nSPS) is 12.9. The van der Waals surface area contributed by atoms with Crippen molar-refractivity contribution in [3.05, 3.63) is 47.1 Å². The first-order valence-electron chi connectivity index (χ1n) is 5.87. The summed E-state index contributed by atoms with van der Waals surface area (Å²) in [4.78, 5) is 0.237. The fourth-order valence-electron chi connectivity index (χ4n) is 2.08. The van der Waals surface area contributed by atoms with Gasteiger partial charge in [-0.2, -0.15) is 0 Å². The molecular weight excluding hydrogens is 274 g/mol. The van der Waals surface area contributed by atoms with Gasteiger partial charge in [0.1, 0.15) is 0 Å². The van der Waals surface area contributed by atoms with E-state index in [9.17, 15) is 0 Å². The maximum atomic E-state index is 6.11. The van der Waals surface area contributed by atoms with E-state index in [2.05, 4.69) is 54.6 Å². The van der Waals surface area contributed by atoms with E-state index >= 15 is 0 Å². The van der Waals surface area contributed by atoms with E-state index in [1.54, 1.807) is 0 Å². The van der Waals surface area contributed by atoms with E-state index in [0.29, 0.717) is 0 Å². The molecule has 0 saturated heterocycles. The van der Waals surface area contributed by atoms with Crippen LogP contribution in [0, 0.1) is 6.92 Å². The molecule has 1 unspecified atom stereocenters. The zero-order valence-corrected chi connectivity index (χ0v) is 12.3. The predicted octanol–water partition coefficient (Wildman–Crippen LogP) is 4.79. The topological polar surface area (TPSA) is 26.0 Å². The molecule has 2 heteroatoms. The largest absolute Gasteiger partial charge is 0.398 e. The van der Waals surface area contributed by atoms with Crippen LogP contribution >= 0.6 is 15.9 Å². The van der Waals surface area contributed by atoms with Crippen LogP contribution in [-0.2, 0) is 6.42 Å². The Morgan fingerprint density at radius 3 is 2.65 bits per heavy atom. The van der Waals surface area contributed by atoms with Crippen molar-refractivity contribution in [2.75, 3.05) is 5.73 Å². The molecule has 0 heterocycles. The molecule has 0 saturated carbocycles. The second-order valence-electron chi connectivity index (χ2n) is 4.06. The van der Waals surface area contributed by atoms with E-state index in [-0.39, 0.29) is 4.83 Å². The van der Waals surface area contributed by atoms with Gasteiger partial charge in [0.05, 0.1) is 4.83 Å². The van der Waals surface area contributed by atoms with Crippen LogP contribution in [0.4, 0.5) is 5.69 Å². The average molecular weight is 294 g/mol. The first-order chi connectivity index (χ1) is 8.06. The molecule has 0 aliphatic carbocycles. The lowest BCUT2D eigenvalue weighted by atomic mass is 9.92. The lowest BCUT2D eigenvalue weighted by Gasteiger charge is -2.18. The molecule has 0 radical (unpaired) electrons. The maximum Gasteiger partial charge on any atom is 0.0578 e. The summed E-state index contributed by atoms with van der Waals surface area (Å²) in [5.74, 6) is 0. The van der Waals surface area contributed by atoms with Gasteiger partial charge in [0.15, 0.2) is 0 Å². The van der Waals surface area contributed by atoms with Crippen LogP contribution in [0.3, 0.4) is 0 Å². The Balaban J connectivity index is 3.47. The van der Waals surface area contributed by atoms with Gasteiger partial charge in [-0.25, -0.2) is 0 Å². The minimum Gasteiger partial charge on any atom is -0.398 e. The number of nitrogen functional groups attached to an aromatic ring is 1. The second kappa shape index (κ2) is 6.06. The Morgan fingerprint density at radius 2 is 2.18 bits per heavy atom. The highest BCUT2D eigenvalue weighted by molar-refractivity contribution is 9.09. The highest BCUT2D eigenvalue weighted by Crippen LogP contribution is 2.34. The monoisotopic (exact) mass is 293 g/mol. The number of hydrogen-bond donors (Lipinski definition) is 1. The van der Waals surface area contributed by atoms with E-state index in [1.165, 1.54) is 16.7 Å². The molecule has 0 aromatic heterocycles. The Labute approximate surface area is 113 Å². The van der Waals surface area contributed by atoms with Crippen molar-refractivity contribution in [2.24, 2.45) is 0 Å². The van der Waals surface area contributed by atoms with Crippen LogP contribution in [-0.4, -0.2) is 0 Å². The molecule has 0 aliphatic rings. The Hall–Kier alpha value is -1.02. The summed E-state index contributed by atoms with van der Waals surface area (Å²) in [6, 6.07) is 2.13. The number of allylic oxidation sites excluding steroid dienone is 2. The SMILES string of the molecule is C=Cc1cc(C(Br)C=CC)c(CC)c(C)c1N. The Bertz CT molecular complexity index is 447. The van der Waals surface area contributed by atoms with Crippen molar-refractivity contribution in [3.63, 3.8) is 0 Å². The van der Waals surface area contributed by atoms with Crippen LogP contribution in [0.1, 0.15) is 40.9 Å². The summed E-state index contributed by atoms with van der Waals surface area (Å²) < 4.78 is 0. The molecule has 17 heavy (non-hydrogen) atoms. The van der Waals surface area contributed by atoms with Crippen LogP contribution < -0.4 is 5.73 Å². The second-order valence-corrected chi connectivity index (χ2v) is 5.04. The molecule has 1 aromatic carbocycles. The molecule has 0 amide bonds. The molecular formula is C15H20BrN. The number of hydrogen-bond acceptors (Lipinski definition) is 1. The van der Waals surface area contributed by atoms with E-state index in [0.717, 1.165) is 17.7 Å². The van der Waals surface area contributed by atoms with Crippen LogP contribution in [0.25, 0.3) is 6.08 Å². The van der Waals surface area contributed by atoms with E-state index in [1.807, 2.05) is 13.0 Å². The molecule has 2 N–H and O–H groups in total. The first kappa shape index (κ1) is 14.0. The lowest BCUT2D eigenvalue weighted by molar-refractivity contribution is 1.05. The van der Waals surface area contributed by atoms with Gasteiger partial charge in [-0.15, -0.1) is 0 Å².